The standard InChI is InChI=1S/C20H22N2O5/c1-12-7-9-14(10-8-12)21-18(24)13(2)27-17(23)11-22-19(25)15-5-3-4-6-16(15)20(22)26/h3-4,7-10,13,15-16H,5-6,11H2,1-2H3,(H,21,24)/t13-,15-,16-/m0/s1. The highest BCUT2D eigenvalue weighted by Crippen LogP contribution is 2.34. The number of carbonyl (C=O) groups excluding carboxylic acids is 4. The Morgan fingerprint density at radius 2 is 1.67 bits per heavy atom. The molecule has 7 heteroatoms. The van der Waals surface area contributed by atoms with Crippen molar-refractivity contribution < 1.29 is 23.9 Å². The van der Waals surface area contributed by atoms with Gasteiger partial charge in [-0.05, 0) is 38.8 Å². The molecule has 0 saturated carbocycles. The Kier molecular flexibility index (Phi) is 5.39. The zero-order valence-corrected chi connectivity index (χ0v) is 15.3. The average molecular weight is 370 g/mol. The molecule has 1 aliphatic heterocycles. The summed E-state index contributed by atoms with van der Waals surface area (Å²) in [5.74, 6) is -2.74. The van der Waals surface area contributed by atoms with Crippen molar-refractivity contribution in [3.63, 3.8) is 0 Å². The van der Waals surface area contributed by atoms with Crippen molar-refractivity contribution in [3.05, 3.63) is 42.0 Å². The monoisotopic (exact) mass is 370 g/mol. The summed E-state index contributed by atoms with van der Waals surface area (Å²) >= 11 is 0. The van der Waals surface area contributed by atoms with Crippen molar-refractivity contribution in [2.24, 2.45) is 11.8 Å². The molecule has 1 aromatic carbocycles. The van der Waals surface area contributed by atoms with Gasteiger partial charge in [-0.25, -0.2) is 0 Å². The molecule has 0 radical (unpaired) electrons. The zero-order chi connectivity index (χ0) is 19.6. The van der Waals surface area contributed by atoms with Crippen molar-refractivity contribution in [1.29, 1.82) is 0 Å². The van der Waals surface area contributed by atoms with Crippen LogP contribution in [0.15, 0.2) is 36.4 Å². The maximum atomic E-state index is 12.4. The molecule has 1 fully saturated rings. The van der Waals surface area contributed by atoms with Gasteiger partial charge in [-0.2, -0.15) is 0 Å². The molecule has 0 unspecified atom stereocenters. The first kappa shape index (κ1) is 18.8. The Hall–Kier alpha value is -2.96. The fourth-order valence-corrected chi connectivity index (χ4v) is 3.32. The van der Waals surface area contributed by atoms with E-state index in [1.807, 2.05) is 31.2 Å². The lowest BCUT2D eigenvalue weighted by atomic mass is 9.85. The number of rotatable bonds is 5. The third-order valence-electron chi connectivity index (χ3n) is 4.88. The molecule has 142 valence electrons. The SMILES string of the molecule is Cc1ccc(NC(=O)[C@H](C)OC(=O)CN2C(=O)[C@H]3CC=CC[C@@H]3C2=O)cc1. The van der Waals surface area contributed by atoms with Crippen LogP contribution < -0.4 is 5.32 Å². The van der Waals surface area contributed by atoms with Gasteiger partial charge in [0.15, 0.2) is 6.10 Å². The van der Waals surface area contributed by atoms with Crippen LogP contribution in [0.3, 0.4) is 0 Å². The lowest BCUT2D eigenvalue weighted by Crippen LogP contribution is -2.39. The van der Waals surface area contributed by atoms with Gasteiger partial charge in [-0.3, -0.25) is 24.1 Å². The van der Waals surface area contributed by atoms with Crippen LogP contribution in [0.25, 0.3) is 0 Å². The Bertz CT molecular complexity index is 773. The number of benzene rings is 1. The van der Waals surface area contributed by atoms with Gasteiger partial charge in [0.2, 0.25) is 11.8 Å². The maximum absolute atomic E-state index is 12.4. The molecule has 3 atom stereocenters. The zero-order valence-electron chi connectivity index (χ0n) is 15.3. The topological polar surface area (TPSA) is 92.8 Å². The van der Waals surface area contributed by atoms with E-state index in [0.717, 1.165) is 10.5 Å². The summed E-state index contributed by atoms with van der Waals surface area (Å²) in [5, 5.41) is 2.65. The molecule has 1 N–H and O–H groups in total. The molecular formula is C20H22N2O5. The lowest BCUT2D eigenvalue weighted by molar-refractivity contribution is -0.158. The second-order valence-corrected chi connectivity index (χ2v) is 6.91. The fraction of sp³-hybridized carbons (Fsp3) is 0.400. The first-order valence-electron chi connectivity index (χ1n) is 8.94. The molecule has 0 aromatic heterocycles. The van der Waals surface area contributed by atoms with Crippen molar-refractivity contribution in [2.45, 2.75) is 32.8 Å². The third-order valence-corrected chi connectivity index (χ3v) is 4.88. The van der Waals surface area contributed by atoms with Gasteiger partial charge in [0, 0.05) is 5.69 Å². The van der Waals surface area contributed by atoms with Crippen LogP contribution in [-0.4, -0.2) is 41.2 Å². The number of amides is 3. The van der Waals surface area contributed by atoms with Crippen LogP contribution in [-0.2, 0) is 23.9 Å². The molecule has 1 saturated heterocycles. The molecule has 1 heterocycles. The Morgan fingerprint density at radius 1 is 1.11 bits per heavy atom. The maximum Gasteiger partial charge on any atom is 0.326 e. The molecule has 2 aliphatic rings. The van der Waals surface area contributed by atoms with Crippen LogP contribution in [0.4, 0.5) is 5.69 Å². The minimum Gasteiger partial charge on any atom is -0.451 e. The molecule has 0 bridgehead atoms. The van der Waals surface area contributed by atoms with E-state index in [-0.39, 0.29) is 11.8 Å². The average Bonchev–Trinajstić information content (AvgIpc) is 2.89. The minimum atomic E-state index is -1.05. The number of esters is 1. The number of hydrogen-bond donors (Lipinski definition) is 1. The van der Waals surface area contributed by atoms with E-state index >= 15 is 0 Å². The molecule has 0 spiro atoms. The minimum absolute atomic E-state index is 0.344. The molecule has 27 heavy (non-hydrogen) atoms. The number of hydrogen-bond acceptors (Lipinski definition) is 5. The summed E-state index contributed by atoms with van der Waals surface area (Å²) in [6.45, 7) is 2.91. The second-order valence-electron chi connectivity index (χ2n) is 6.91. The number of aryl methyl sites for hydroxylation is 1. The van der Waals surface area contributed by atoms with Gasteiger partial charge in [0.1, 0.15) is 6.54 Å². The van der Waals surface area contributed by atoms with Gasteiger partial charge in [0.25, 0.3) is 5.91 Å². The van der Waals surface area contributed by atoms with Crippen LogP contribution in [0.5, 0.6) is 0 Å². The van der Waals surface area contributed by atoms with Crippen LogP contribution >= 0.6 is 0 Å². The van der Waals surface area contributed by atoms with Crippen molar-refractivity contribution in [3.8, 4) is 0 Å². The molecule has 1 aliphatic carbocycles. The van der Waals surface area contributed by atoms with E-state index < -0.39 is 36.4 Å². The lowest BCUT2D eigenvalue weighted by Gasteiger charge is -2.17. The number of nitrogens with one attached hydrogen (secondary N) is 1. The molecule has 3 amide bonds. The van der Waals surface area contributed by atoms with Crippen molar-refractivity contribution in [2.75, 3.05) is 11.9 Å². The summed E-state index contributed by atoms with van der Waals surface area (Å²) in [5.41, 5.74) is 1.65. The van der Waals surface area contributed by atoms with Crippen molar-refractivity contribution >= 4 is 29.4 Å². The van der Waals surface area contributed by atoms with Crippen LogP contribution in [0.2, 0.25) is 0 Å². The Morgan fingerprint density at radius 3 is 2.22 bits per heavy atom. The molecule has 7 nitrogen and oxygen atoms in total. The van der Waals surface area contributed by atoms with Crippen LogP contribution in [0, 0.1) is 18.8 Å². The normalized spacial score (nSPS) is 22.4. The number of allylic oxidation sites excluding steroid dienone is 2. The number of fused-ring (bicyclic) bond motifs is 1. The Labute approximate surface area is 157 Å². The van der Waals surface area contributed by atoms with E-state index in [1.54, 1.807) is 12.1 Å². The third kappa shape index (κ3) is 4.07. The smallest absolute Gasteiger partial charge is 0.326 e. The number of ether oxygens (including phenoxy) is 1. The number of anilines is 1. The number of likely N-dealkylation sites (tertiary alicyclic amines) is 1. The molecular weight excluding hydrogens is 348 g/mol. The summed E-state index contributed by atoms with van der Waals surface area (Å²) in [4.78, 5) is 50.0. The second kappa shape index (κ2) is 7.73. The van der Waals surface area contributed by atoms with Gasteiger partial charge < -0.3 is 10.1 Å². The van der Waals surface area contributed by atoms with Crippen LogP contribution in [0.1, 0.15) is 25.3 Å². The van der Waals surface area contributed by atoms with Gasteiger partial charge in [0.05, 0.1) is 11.8 Å². The summed E-state index contributed by atoms with van der Waals surface area (Å²) in [7, 11) is 0. The van der Waals surface area contributed by atoms with E-state index in [2.05, 4.69) is 5.32 Å². The van der Waals surface area contributed by atoms with E-state index in [4.69, 9.17) is 4.74 Å². The molecule has 3 rings (SSSR count). The highest BCUT2D eigenvalue weighted by Gasteiger charge is 2.47. The summed E-state index contributed by atoms with van der Waals surface area (Å²) in [6.07, 6.45) is 3.74. The fourth-order valence-electron chi connectivity index (χ4n) is 3.32. The largest absolute Gasteiger partial charge is 0.451 e. The predicted molar refractivity (Wildman–Crippen MR) is 97.4 cm³/mol. The number of carbonyl (C=O) groups is 4. The van der Waals surface area contributed by atoms with Crippen molar-refractivity contribution in [1.82, 2.24) is 4.90 Å². The number of nitrogens with zero attached hydrogens (tertiary/aromatic N) is 1. The number of imide groups is 1. The van der Waals surface area contributed by atoms with Gasteiger partial charge in [-0.1, -0.05) is 29.8 Å². The Balaban J connectivity index is 1.54. The van der Waals surface area contributed by atoms with E-state index in [9.17, 15) is 19.2 Å². The van der Waals surface area contributed by atoms with Gasteiger partial charge in [-0.15, -0.1) is 0 Å². The van der Waals surface area contributed by atoms with E-state index in [0.29, 0.717) is 18.5 Å². The highest BCUT2D eigenvalue weighted by atomic mass is 16.5. The molecule has 1 aromatic rings. The first-order chi connectivity index (χ1) is 12.9. The van der Waals surface area contributed by atoms with E-state index in [1.165, 1.54) is 6.92 Å². The highest BCUT2D eigenvalue weighted by molar-refractivity contribution is 6.07. The predicted octanol–water partition coefficient (Wildman–Crippen LogP) is 1.82. The first-order valence-corrected chi connectivity index (χ1v) is 8.94. The summed E-state index contributed by atoms with van der Waals surface area (Å²) < 4.78 is 5.11. The van der Waals surface area contributed by atoms with Gasteiger partial charge >= 0.3 is 5.97 Å². The summed E-state index contributed by atoms with van der Waals surface area (Å²) in [6, 6.07) is 7.20. The quantitative estimate of drug-likeness (QED) is 0.485.